The normalized spacial score (nSPS) is 11.4. The van der Waals surface area contributed by atoms with E-state index < -0.39 is 5.41 Å². The van der Waals surface area contributed by atoms with Crippen molar-refractivity contribution < 1.29 is 9.59 Å². The van der Waals surface area contributed by atoms with Gasteiger partial charge in [-0.05, 0) is 36.8 Å². The molecule has 0 bridgehead atoms. The van der Waals surface area contributed by atoms with Crippen molar-refractivity contribution in [2.45, 2.75) is 40.7 Å². The van der Waals surface area contributed by atoms with E-state index in [2.05, 4.69) is 22.5 Å². The Morgan fingerprint density at radius 2 is 1.79 bits per heavy atom. The van der Waals surface area contributed by atoms with E-state index >= 15 is 0 Å². The molecule has 2 aromatic carbocycles. The van der Waals surface area contributed by atoms with Crippen molar-refractivity contribution in [3.8, 4) is 0 Å². The number of carbonyl (C=O) groups is 2. The Labute approximate surface area is 165 Å². The molecule has 0 saturated carbocycles. The van der Waals surface area contributed by atoms with Crippen LogP contribution in [-0.2, 0) is 11.3 Å². The van der Waals surface area contributed by atoms with Gasteiger partial charge in [0, 0.05) is 23.2 Å². The molecule has 2 N–H and O–H groups in total. The number of imidazole rings is 1. The number of hydrogen-bond acceptors (Lipinski definition) is 3. The predicted molar refractivity (Wildman–Crippen MR) is 113 cm³/mol. The van der Waals surface area contributed by atoms with Crippen LogP contribution < -0.4 is 10.6 Å². The van der Waals surface area contributed by atoms with Crippen LogP contribution in [0.15, 0.2) is 48.5 Å². The molecule has 146 valence electrons. The standard InChI is InChI=1S/C22H26N4O2/c1-5-13-26-18-12-7-6-11-17(18)24-21(26)25-19(27)15-9-8-10-16(14-15)23-20(28)22(2,3)4/h6-12,14H,5,13H2,1-4H3,(H,23,28)(H,24,25,27). The summed E-state index contributed by atoms with van der Waals surface area (Å²) in [7, 11) is 0. The lowest BCUT2D eigenvalue weighted by Gasteiger charge is -2.18. The highest BCUT2D eigenvalue weighted by atomic mass is 16.2. The number of carbonyl (C=O) groups excluding carboxylic acids is 2. The van der Waals surface area contributed by atoms with Gasteiger partial charge in [0.1, 0.15) is 0 Å². The molecular weight excluding hydrogens is 352 g/mol. The Morgan fingerprint density at radius 3 is 2.50 bits per heavy atom. The number of anilines is 2. The lowest BCUT2D eigenvalue weighted by atomic mass is 9.95. The summed E-state index contributed by atoms with van der Waals surface area (Å²) in [5.41, 5.74) is 2.38. The van der Waals surface area contributed by atoms with E-state index in [1.807, 2.05) is 49.6 Å². The van der Waals surface area contributed by atoms with Crippen LogP contribution in [0.1, 0.15) is 44.5 Å². The molecule has 6 nitrogen and oxygen atoms in total. The third kappa shape index (κ3) is 4.22. The number of hydrogen-bond donors (Lipinski definition) is 2. The number of aromatic nitrogens is 2. The molecule has 0 spiro atoms. The van der Waals surface area contributed by atoms with Crippen molar-refractivity contribution in [1.29, 1.82) is 0 Å². The molecule has 3 rings (SSSR count). The first-order valence-electron chi connectivity index (χ1n) is 9.47. The number of amides is 2. The van der Waals surface area contributed by atoms with Crippen molar-refractivity contribution in [2.75, 3.05) is 10.6 Å². The van der Waals surface area contributed by atoms with Gasteiger partial charge in [-0.25, -0.2) is 4.98 Å². The van der Waals surface area contributed by atoms with Crippen LogP contribution in [0.2, 0.25) is 0 Å². The second-order valence-electron chi connectivity index (χ2n) is 7.81. The molecule has 0 fully saturated rings. The van der Waals surface area contributed by atoms with E-state index in [4.69, 9.17) is 0 Å². The molecule has 0 aliphatic carbocycles. The fraction of sp³-hybridized carbons (Fsp3) is 0.318. The second-order valence-corrected chi connectivity index (χ2v) is 7.81. The zero-order chi connectivity index (χ0) is 20.3. The van der Waals surface area contributed by atoms with Crippen molar-refractivity contribution in [3.63, 3.8) is 0 Å². The van der Waals surface area contributed by atoms with Crippen LogP contribution in [0.4, 0.5) is 11.6 Å². The number of aryl methyl sites for hydroxylation is 1. The van der Waals surface area contributed by atoms with Crippen LogP contribution in [0, 0.1) is 5.41 Å². The minimum Gasteiger partial charge on any atom is -0.326 e. The van der Waals surface area contributed by atoms with Gasteiger partial charge in [0.05, 0.1) is 11.0 Å². The second kappa shape index (κ2) is 7.84. The summed E-state index contributed by atoms with van der Waals surface area (Å²) in [6, 6.07) is 14.7. The molecule has 0 unspecified atom stereocenters. The molecule has 0 radical (unpaired) electrons. The number of rotatable bonds is 5. The lowest BCUT2D eigenvalue weighted by molar-refractivity contribution is -0.123. The Morgan fingerprint density at radius 1 is 1.04 bits per heavy atom. The number of para-hydroxylation sites is 2. The third-order valence-electron chi connectivity index (χ3n) is 4.39. The van der Waals surface area contributed by atoms with Crippen molar-refractivity contribution in [2.24, 2.45) is 5.41 Å². The number of fused-ring (bicyclic) bond motifs is 1. The van der Waals surface area contributed by atoms with Gasteiger partial charge in [0.15, 0.2) is 0 Å². The Balaban J connectivity index is 1.84. The number of nitrogens with zero attached hydrogens (tertiary/aromatic N) is 2. The first kappa shape index (κ1) is 19.6. The van der Waals surface area contributed by atoms with Crippen LogP contribution in [-0.4, -0.2) is 21.4 Å². The van der Waals surface area contributed by atoms with Gasteiger partial charge in [-0.15, -0.1) is 0 Å². The fourth-order valence-corrected chi connectivity index (χ4v) is 2.85. The van der Waals surface area contributed by atoms with Gasteiger partial charge < -0.3 is 9.88 Å². The van der Waals surface area contributed by atoms with Crippen molar-refractivity contribution in [1.82, 2.24) is 9.55 Å². The van der Waals surface area contributed by atoms with E-state index in [-0.39, 0.29) is 11.8 Å². The molecule has 0 atom stereocenters. The summed E-state index contributed by atoms with van der Waals surface area (Å²) < 4.78 is 2.01. The van der Waals surface area contributed by atoms with Crippen LogP contribution in [0.25, 0.3) is 11.0 Å². The molecule has 2 amide bonds. The fourth-order valence-electron chi connectivity index (χ4n) is 2.85. The average Bonchev–Trinajstić information content (AvgIpc) is 2.99. The summed E-state index contributed by atoms with van der Waals surface area (Å²) in [6.07, 6.45) is 0.928. The maximum atomic E-state index is 12.8. The maximum absolute atomic E-state index is 12.8. The molecule has 0 aliphatic heterocycles. The van der Waals surface area contributed by atoms with Crippen LogP contribution in [0.3, 0.4) is 0 Å². The summed E-state index contributed by atoms with van der Waals surface area (Å²) >= 11 is 0. The lowest BCUT2D eigenvalue weighted by Crippen LogP contribution is -2.27. The summed E-state index contributed by atoms with van der Waals surface area (Å²) in [5.74, 6) is 0.159. The smallest absolute Gasteiger partial charge is 0.258 e. The topological polar surface area (TPSA) is 76.0 Å². The minimum absolute atomic E-state index is 0.102. The molecule has 0 saturated heterocycles. The van der Waals surface area contributed by atoms with Crippen LogP contribution >= 0.6 is 0 Å². The van der Waals surface area contributed by atoms with E-state index in [9.17, 15) is 9.59 Å². The molecule has 28 heavy (non-hydrogen) atoms. The van der Waals surface area contributed by atoms with Gasteiger partial charge in [-0.1, -0.05) is 45.9 Å². The maximum Gasteiger partial charge on any atom is 0.258 e. The predicted octanol–water partition coefficient (Wildman–Crippen LogP) is 4.68. The molecular formula is C22H26N4O2. The number of nitrogens with one attached hydrogen (secondary N) is 2. The zero-order valence-corrected chi connectivity index (χ0v) is 16.7. The van der Waals surface area contributed by atoms with E-state index in [1.54, 1.807) is 24.3 Å². The molecule has 6 heteroatoms. The molecule has 3 aromatic rings. The van der Waals surface area contributed by atoms with Crippen molar-refractivity contribution >= 4 is 34.5 Å². The zero-order valence-electron chi connectivity index (χ0n) is 16.7. The minimum atomic E-state index is -0.511. The van der Waals surface area contributed by atoms with E-state index in [1.165, 1.54) is 0 Å². The van der Waals surface area contributed by atoms with Gasteiger partial charge in [-0.2, -0.15) is 0 Å². The number of benzene rings is 2. The first-order valence-corrected chi connectivity index (χ1v) is 9.47. The largest absolute Gasteiger partial charge is 0.326 e. The monoisotopic (exact) mass is 378 g/mol. The van der Waals surface area contributed by atoms with Crippen molar-refractivity contribution in [3.05, 3.63) is 54.1 Å². The molecule has 1 heterocycles. The van der Waals surface area contributed by atoms with Gasteiger partial charge in [0.2, 0.25) is 11.9 Å². The van der Waals surface area contributed by atoms with Gasteiger partial charge in [0.25, 0.3) is 5.91 Å². The molecule has 1 aromatic heterocycles. The summed E-state index contributed by atoms with van der Waals surface area (Å²) in [6.45, 7) is 8.38. The third-order valence-corrected chi connectivity index (χ3v) is 4.39. The van der Waals surface area contributed by atoms with E-state index in [0.717, 1.165) is 24.0 Å². The molecule has 0 aliphatic rings. The summed E-state index contributed by atoms with van der Waals surface area (Å²) in [4.78, 5) is 29.6. The first-order chi connectivity index (χ1) is 13.3. The van der Waals surface area contributed by atoms with Crippen LogP contribution in [0.5, 0.6) is 0 Å². The Bertz CT molecular complexity index is 1010. The highest BCUT2D eigenvalue weighted by Crippen LogP contribution is 2.22. The van der Waals surface area contributed by atoms with E-state index in [0.29, 0.717) is 17.2 Å². The quantitative estimate of drug-likeness (QED) is 0.677. The summed E-state index contributed by atoms with van der Waals surface area (Å²) in [5, 5.41) is 5.77. The highest BCUT2D eigenvalue weighted by Gasteiger charge is 2.21. The average molecular weight is 378 g/mol. The highest BCUT2D eigenvalue weighted by molar-refractivity contribution is 6.05. The SMILES string of the molecule is CCCn1c(NC(=O)c2cccc(NC(=O)C(C)(C)C)c2)nc2ccccc21. The van der Waals surface area contributed by atoms with Gasteiger partial charge in [-0.3, -0.25) is 14.9 Å². The van der Waals surface area contributed by atoms with Gasteiger partial charge >= 0.3 is 0 Å². The Kier molecular flexibility index (Phi) is 5.49. The Hall–Kier alpha value is -3.15.